The SMILES string of the molecule is COC1(CC(=O)NC2CCCCCC2C(=O)O)CCC1. The molecule has 2 aliphatic carbocycles. The summed E-state index contributed by atoms with van der Waals surface area (Å²) in [7, 11) is 1.65. The molecule has 0 aromatic rings. The molecule has 2 atom stereocenters. The van der Waals surface area contributed by atoms with Crippen molar-refractivity contribution >= 4 is 11.9 Å². The van der Waals surface area contributed by atoms with Crippen LogP contribution in [-0.4, -0.2) is 35.7 Å². The maximum atomic E-state index is 12.2. The van der Waals surface area contributed by atoms with Gasteiger partial charge in [-0.2, -0.15) is 0 Å². The van der Waals surface area contributed by atoms with E-state index >= 15 is 0 Å². The molecule has 0 aromatic carbocycles. The third-order valence-electron chi connectivity index (χ3n) is 4.86. The van der Waals surface area contributed by atoms with Crippen molar-refractivity contribution in [2.24, 2.45) is 5.92 Å². The summed E-state index contributed by atoms with van der Waals surface area (Å²) in [5.41, 5.74) is -0.298. The molecule has 2 N–H and O–H groups in total. The third-order valence-corrected chi connectivity index (χ3v) is 4.86. The van der Waals surface area contributed by atoms with Gasteiger partial charge in [0.25, 0.3) is 0 Å². The van der Waals surface area contributed by atoms with E-state index in [4.69, 9.17) is 4.74 Å². The van der Waals surface area contributed by atoms with Gasteiger partial charge in [0, 0.05) is 13.2 Å². The molecule has 2 rings (SSSR count). The van der Waals surface area contributed by atoms with Crippen molar-refractivity contribution in [1.29, 1.82) is 0 Å². The number of hydrogen-bond donors (Lipinski definition) is 2. The molecule has 114 valence electrons. The van der Waals surface area contributed by atoms with E-state index in [1.54, 1.807) is 7.11 Å². The molecule has 5 heteroatoms. The second-order valence-electron chi connectivity index (χ2n) is 6.17. The van der Waals surface area contributed by atoms with Crippen LogP contribution in [0.1, 0.15) is 57.8 Å². The zero-order valence-corrected chi connectivity index (χ0v) is 12.2. The first-order valence-corrected chi connectivity index (χ1v) is 7.64. The topological polar surface area (TPSA) is 75.6 Å². The van der Waals surface area contributed by atoms with Gasteiger partial charge in [-0.05, 0) is 32.1 Å². The summed E-state index contributed by atoms with van der Waals surface area (Å²) >= 11 is 0. The number of methoxy groups -OCH3 is 1. The Bertz CT molecular complexity index is 359. The van der Waals surface area contributed by atoms with Gasteiger partial charge in [-0.3, -0.25) is 9.59 Å². The van der Waals surface area contributed by atoms with Crippen LogP contribution in [0.4, 0.5) is 0 Å². The second-order valence-corrected chi connectivity index (χ2v) is 6.17. The molecule has 0 saturated heterocycles. The molecule has 5 nitrogen and oxygen atoms in total. The van der Waals surface area contributed by atoms with Crippen molar-refractivity contribution in [2.45, 2.75) is 69.4 Å². The lowest BCUT2D eigenvalue weighted by molar-refractivity contribution is -0.143. The lowest BCUT2D eigenvalue weighted by atomic mass is 9.77. The quantitative estimate of drug-likeness (QED) is 0.758. The molecule has 2 aliphatic rings. The minimum atomic E-state index is -0.790. The van der Waals surface area contributed by atoms with E-state index in [1.165, 1.54) is 0 Å². The van der Waals surface area contributed by atoms with Crippen LogP contribution in [-0.2, 0) is 14.3 Å². The van der Waals surface area contributed by atoms with Crippen molar-refractivity contribution in [3.05, 3.63) is 0 Å². The summed E-state index contributed by atoms with van der Waals surface area (Å²) < 4.78 is 5.46. The maximum Gasteiger partial charge on any atom is 0.308 e. The Hall–Kier alpha value is -1.10. The molecule has 2 saturated carbocycles. The molecule has 0 aliphatic heterocycles. The lowest BCUT2D eigenvalue weighted by Gasteiger charge is -2.40. The molecule has 0 radical (unpaired) electrons. The molecule has 0 spiro atoms. The first-order chi connectivity index (χ1) is 9.56. The maximum absolute atomic E-state index is 12.2. The number of carboxylic acid groups (broad SMARTS) is 1. The fourth-order valence-corrected chi connectivity index (χ4v) is 3.35. The zero-order valence-electron chi connectivity index (χ0n) is 12.2. The Morgan fingerprint density at radius 3 is 2.45 bits per heavy atom. The normalized spacial score (nSPS) is 29.1. The van der Waals surface area contributed by atoms with Gasteiger partial charge in [-0.15, -0.1) is 0 Å². The number of carbonyl (C=O) groups excluding carboxylic acids is 1. The summed E-state index contributed by atoms with van der Waals surface area (Å²) in [6, 6.07) is -0.225. The van der Waals surface area contributed by atoms with E-state index in [0.29, 0.717) is 12.8 Å². The number of ether oxygens (including phenoxy) is 1. The van der Waals surface area contributed by atoms with E-state index in [-0.39, 0.29) is 17.6 Å². The highest BCUT2D eigenvalue weighted by Crippen LogP contribution is 2.38. The summed E-state index contributed by atoms with van der Waals surface area (Å²) in [4.78, 5) is 23.5. The summed E-state index contributed by atoms with van der Waals surface area (Å²) in [6.07, 6.45) is 7.70. The molecular weight excluding hydrogens is 258 g/mol. The van der Waals surface area contributed by atoms with Crippen molar-refractivity contribution in [2.75, 3.05) is 7.11 Å². The number of aliphatic carboxylic acids is 1. The molecule has 20 heavy (non-hydrogen) atoms. The minimum Gasteiger partial charge on any atom is -0.481 e. The average molecular weight is 283 g/mol. The zero-order chi connectivity index (χ0) is 14.6. The Morgan fingerprint density at radius 1 is 1.20 bits per heavy atom. The van der Waals surface area contributed by atoms with Crippen molar-refractivity contribution in [1.82, 2.24) is 5.32 Å². The van der Waals surface area contributed by atoms with Gasteiger partial charge >= 0.3 is 5.97 Å². The van der Waals surface area contributed by atoms with Crippen molar-refractivity contribution in [3.63, 3.8) is 0 Å². The largest absolute Gasteiger partial charge is 0.481 e. The van der Waals surface area contributed by atoms with Crippen LogP contribution in [0.2, 0.25) is 0 Å². The molecule has 2 fully saturated rings. The number of rotatable bonds is 5. The number of carboxylic acids is 1. The molecule has 0 heterocycles. The number of amides is 1. The molecule has 2 unspecified atom stereocenters. The highest BCUT2D eigenvalue weighted by atomic mass is 16.5. The predicted octanol–water partition coefficient (Wildman–Crippen LogP) is 2.10. The third kappa shape index (κ3) is 3.51. The highest BCUT2D eigenvalue weighted by molar-refractivity contribution is 5.79. The first kappa shape index (κ1) is 15.3. The van der Waals surface area contributed by atoms with Crippen LogP contribution < -0.4 is 5.32 Å². The summed E-state index contributed by atoms with van der Waals surface area (Å²) in [6.45, 7) is 0. The van der Waals surface area contributed by atoms with E-state index in [2.05, 4.69) is 5.32 Å². The highest BCUT2D eigenvalue weighted by Gasteiger charge is 2.40. The Kier molecular flexibility index (Phi) is 5.02. The van der Waals surface area contributed by atoms with Crippen LogP contribution >= 0.6 is 0 Å². The number of nitrogens with one attached hydrogen (secondary N) is 1. The molecule has 0 bridgehead atoms. The van der Waals surface area contributed by atoms with E-state index < -0.39 is 11.9 Å². The van der Waals surface area contributed by atoms with Crippen molar-refractivity contribution < 1.29 is 19.4 Å². The van der Waals surface area contributed by atoms with Gasteiger partial charge in [-0.25, -0.2) is 0 Å². The average Bonchev–Trinajstić information content (AvgIpc) is 2.59. The van der Waals surface area contributed by atoms with Gasteiger partial charge in [0.2, 0.25) is 5.91 Å². The molecular formula is C15H25NO4. The Morgan fingerprint density at radius 2 is 1.90 bits per heavy atom. The first-order valence-electron chi connectivity index (χ1n) is 7.64. The molecule has 1 amide bonds. The Balaban J connectivity index is 1.92. The van der Waals surface area contributed by atoms with Crippen molar-refractivity contribution in [3.8, 4) is 0 Å². The number of hydrogen-bond acceptors (Lipinski definition) is 3. The van der Waals surface area contributed by atoms with E-state index in [0.717, 1.165) is 44.9 Å². The predicted molar refractivity (Wildman–Crippen MR) is 74.3 cm³/mol. The number of carbonyl (C=O) groups is 2. The fourth-order valence-electron chi connectivity index (χ4n) is 3.35. The standard InChI is InChI=1S/C15H25NO4/c1-20-15(8-5-9-15)10-13(17)16-12-7-4-2-3-6-11(12)14(18)19/h11-12H,2-10H2,1H3,(H,16,17)(H,18,19). The van der Waals surface area contributed by atoms with Gasteiger partial charge < -0.3 is 15.2 Å². The van der Waals surface area contributed by atoms with Crippen LogP contribution in [0.3, 0.4) is 0 Å². The van der Waals surface area contributed by atoms with Gasteiger partial charge in [0.15, 0.2) is 0 Å². The Labute approximate surface area is 120 Å². The van der Waals surface area contributed by atoms with E-state index in [1.807, 2.05) is 0 Å². The van der Waals surface area contributed by atoms with Crippen LogP contribution in [0.25, 0.3) is 0 Å². The van der Waals surface area contributed by atoms with Gasteiger partial charge in [0.1, 0.15) is 0 Å². The molecule has 0 aromatic heterocycles. The van der Waals surface area contributed by atoms with Gasteiger partial charge in [0.05, 0.1) is 17.9 Å². The van der Waals surface area contributed by atoms with Gasteiger partial charge in [-0.1, -0.05) is 19.3 Å². The van der Waals surface area contributed by atoms with Crippen LogP contribution in [0.15, 0.2) is 0 Å². The second kappa shape index (κ2) is 6.57. The minimum absolute atomic E-state index is 0.0651. The van der Waals surface area contributed by atoms with E-state index in [9.17, 15) is 14.7 Å². The smallest absolute Gasteiger partial charge is 0.308 e. The van der Waals surface area contributed by atoms with Crippen LogP contribution in [0.5, 0.6) is 0 Å². The summed E-state index contributed by atoms with van der Waals surface area (Å²) in [5.74, 6) is -1.30. The summed E-state index contributed by atoms with van der Waals surface area (Å²) in [5, 5.41) is 12.3. The van der Waals surface area contributed by atoms with Crippen LogP contribution in [0, 0.1) is 5.92 Å². The lowest BCUT2D eigenvalue weighted by Crippen LogP contribution is -2.48. The monoisotopic (exact) mass is 283 g/mol. The fraction of sp³-hybridized carbons (Fsp3) is 0.867.